The molecule has 2 aromatic rings. The minimum atomic E-state index is -1.10. The standard InChI is InChI=1S/C27H35N3O5/c1-17(2)15-24(26(32)33)28-25(31)23(13-14-30(3)4)29-27(34)35-16-22-20-11-7-5-9-18(20)19-10-6-8-12-21(19)22/h5-12,17,22-24H,13-16H2,1-4H3,(H,28,31)(H,29,34)(H,32,33). The van der Waals surface area contributed by atoms with Crippen LogP contribution in [0.4, 0.5) is 4.79 Å². The lowest BCUT2D eigenvalue weighted by Gasteiger charge is -2.23. The Morgan fingerprint density at radius 3 is 2.03 bits per heavy atom. The number of alkyl carbamates (subject to hydrolysis) is 1. The fourth-order valence-electron chi connectivity index (χ4n) is 4.40. The highest BCUT2D eigenvalue weighted by Crippen LogP contribution is 2.44. The van der Waals surface area contributed by atoms with Crippen molar-refractivity contribution in [3.8, 4) is 11.1 Å². The highest BCUT2D eigenvalue weighted by Gasteiger charge is 2.31. The maximum Gasteiger partial charge on any atom is 0.407 e. The SMILES string of the molecule is CC(C)CC(NC(=O)C(CCN(C)C)NC(=O)OCC1c2ccccc2-c2ccccc21)C(=O)O. The number of rotatable bonds is 11. The fraction of sp³-hybridized carbons (Fsp3) is 0.444. The summed E-state index contributed by atoms with van der Waals surface area (Å²) in [6, 6.07) is 14.2. The number of amides is 2. The van der Waals surface area contributed by atoms with Gasteiger partial charge in [-0.05, 0) is 61.7 Å². The molecule has 188 valence electrons. The van der Waals surface area contributed by atoms with E-state index in [0.717, 1.165) is 22.3 Å². The predicted octanol–water partition coefficient (Wildman–Crippen LogP) is 3.46. The van der Waals surface area contributed by atoms with Crippen LogP contribution in [0.1, 0.15) is 43.7 Å². The van der Waals surface area contributed by atoms with Crippen molar-refractivity contribution in [2.24, 2.45) is 5.92 Å². The second-order valence-corrected chi connectivity index (χ2v) is 9.64. The zero-order valence-electron chi connectivity index (χ0n) is 20.8. The Morgan fingerprint density at radius 2 is 1.51 bits per heavy atom. The van der Waals surface area contributed by atoms with E-state index in [1.165, 1.54) is 0 Å². The second-order valence-electron chi connectivity index (χ2n) is 9.64. The van der Waals surface area contributed by atoms with Gasteiger partial charge in [-0.2, -0.15) is 0 Å². The summed E-state index contributed by atoms with van der Waals surface area (Å²) in [5.41, 5.74) is 4.46. The minimum Gasteiger partial charge on any atom is -0.480 e. The summed E-state index contributed by atoms with van der Waals surface area (Å²) < 4.78 is 5.58. The molecule has 2 unspecified atom stereocenters. The summed E-state index contributed by atoms with van der Waals surface area (Å²) in [6.45, 7) is 4.44. The third-order valence-corrected chi connectivity index (χ3v) is 6.14. The van der Waals surface area contributed by atoms with Gasteiger partial charge in [0.15, 0.2) is 0 Å². The van der Waals surface area contributed by atoms with Crippen molar-refractivity contribution in [1.29, 1.82) is 0 Å². The Labute approximate surface area is 206 Å². The molecule has 0 saturated carbocycles. The molecule has 8 nitrogen and oxygen atoms in total. The number of fused-ring (bicyclic) bond motifs is 3. The van der Waals surface area contributed by atoms with Crippen molar-refractivity contribution >= 4 is 18.0 Å². The lowest BCUT2D eigenvalue weighted by atomic mass is 9.98. The van der Waals surface area contributed by atoms with Crippen LogP contribution in [0.3, 0.4) is 0 Å². The molecule has 1 aliphatic rings. The first kappa shape index (κ1) is 26.2. The largest absolute Gasteiger partial charge is 0.480 e. The quantitative estimate of drug-likeness (QED) is 0.454. The number of carboxylic acids is 1. The van der Waals surface area contributed by atoms with Gasteiger partial charge in [0, 0.05) is 5.92 Å². The summed E-state index contributed by atoms with van der Waals surface area (Å²) in [5, 5.41) is 14.7. The van der Waals surface area contributed by atoms with E-state index in [4.69, 9.17) is 4.74 Å². The van der Waals surface area contributed by atoms with Crippen LogP contribution in [0, 0.1) is 5.92 Å². The normalized spacial score (nSPS) is 14.2. The lowest BCUT2D eigenvalue weighted by molar-refractivity contribution is -0.142. The van der Waals surface area contributed by atoms with Crippen molar-refractivity contribution < 1.29 is 24.2 Å². The highest BCUT2D eigenvalue weighted by molar-refractivity contribution is 5.89. The summed E-state index contributed by atoms with van der Waals surface area (Å²) in [5.74, 6) is -1.63. The molecule has 3 rings (SSSR count). The van der Waals surface area contributed by atoms with E-state index in [1.54, 1.807) is 0 Å². The van der Waals surface area contributed by atoms with Gasteiger partial charge in [0.05, 0.1) is 0 Å². The Balaban J connectivity index is 1.67. The Hall–Kier alpha value is -3.39. The Morgan fingerprint density at radius 1 is 0.943 bits per heavy atom. The molecule has 0 aliphatic heterocycles. The third-order valence-electron chi connectivity index (χ3n) is 6.14. The van der Waals surface area contributed by atoms with Crippen molar-refractivity contribution in [2.45, 2.75) is 44.7 Å². The smallest absolute Gasteiger partial charge is 0.407 e. The molecule has 0 aromatic heterocycles. The number of aliphatic carboxylic acids is 1. The van der Waals surface area contributed by atoms with Crippen LogP contribution in [0.15, 0.2) is 48.5 Å². The Bertz CT molecular complexity index is 1010. The van der Waals surface area contributed by atoms with Gasteiger partial charge in [-0.3, -0.25) is 4.79 Å². The zero-order chi connectivity index (χ0) is 25.5. The van der Waals surface area contributed by atoms with Gasteiger partial charge < -0.3 is 25.4 Å². The number of nitrogens with zero attached hydrogens (tertiary/aromatic N) is 1. The second kappa shape index (κ2) is 11.8. The minimum absolute atomic E-state index is 0.0896. The zero-order valence-corrected chi connectivity index (χ0v) is 20.8. The number of ether oxygens (including phenoxy) is 1. The van der Waals surface area contributed by atoms with Gasteiger partial charge in [0.1, 0.15) is 18.7 Å². The van der Waals surface area contributed by atoms with Crippen LogP contribution < -0.4 is 10.6 Å². The molecule has 0 fully saturated rings. The maximum atomic E-state index is 12.9. The van der Waals surface area contributed by atoms with Crippen molar-refractivity contribution in [2.75, 3.05) is 27.2 Å². The van der Waals surface area contributed by atoms with Crippen LogP contribution in [0.2, 0.25) is 0 Å². The average molecular weight is 482 g/mol. The van der Waals surface area contributed by atoms with Crippen LogP contribution in [0.5, 0.6) is 0 Å². The topological polar surface area (TPSA) is 108 Å². The first-order valence-corrected chi connectivity index (χ1v) is 12.0. The van der Waals surface area contributed by atoms with Crippen molar-refractivity contribution in [1.82, 2.24) is 15.5 Å². The first-order chi connectivity index (χ1) is 16.7. The van der Waals surface area contributed by atoms with E-state index < -0.39 is 30.1 Å². The van der Waals surface area contributed by atoms with Crippen molar-refractivity contribution in [3.63, 3.8) is 0 Å². The molecule has 2 atom stereocenters. The van der Waals surface area contributed by atoms with E-state index in [-0.39, 0.29) is 18.4 Å². The predicted molar refractivity (Wildman–Crippen MR) is 134 cm³/mol. The summed E-state index contributed by atoms with van der Waals surface area (Å²) >= 11 is 0. The molecule has 0 heterocycles. The molecule has 3 N–H and O–H groups in total. The van der Waals surface area contributed by atoms with E-state index in [1.807, 2.05) is 69.2 Å². The molecule has 2 aromatic carbocycles. The van der Waals surface area contributed by atoms with Crippen LogP contribution in [-0.2, 0) is 14.3 Å². The Kier molecular flexibility index (Phi) is 8.87. The molecule has 35 heavy (non-hydrogen) atoms. The monoisotopic (exact) mass is 481 g/mol. The van der Waals surface area contributed by atoms with Crippen LogP contribution >= 0.6 is 0 Å². The molecule has 0 saturated heterocycles. The molecular formula is C27H35N3O5. The van der Waals surface area contributed by atoms with Gasteiger partial charge in [-0.1, -0.05) is 62.4 Å². The van der Waals surface area contributed by atoms with Gasteiger partial charge in [-0.25, -0.2) is 9.59 Å². The number of benzene rings is 2. The number of carbonyl (C=O) groups is 3. The molecule has 8 heteroatoms. The van der Waals surface area contributed by atoms with Crippen LogP contribution in [-0.4, -0.2) is 67.3 Å². The molecule has 0 bridgehead atoms. The van der Waals surface area contributed by atoms with Gasteiger partial charge >= 0.3 is 12.1 Å². The number of nitrogens with one attached hydrogen (secondary N) is 2. The van der Waals surface area contributed by atoms with E-state index in [2.05, 4.69) is 22.8 Å². The number of hydrogen-bond donors (Lipinski definition) is 3. The number of hydrogen-bond acceptors (Lipinski definition) is 5. The van der Waals surface area contributed by atoms with Gasteiger partial charge in [0.2, 0.25) is 5.91 Å². The first-order valence-electron chi connectivity index (χ1n) is 12.0. The van der Waals surface area contributed by atoms with Crippen molar-refractivity contribution in [3.05, 3.63) is 59.7 Å². The molecule has 0 spiro atoms. The van der Waals surface area contributed by atoms with E-state index >= 15 is 0 Å². The highest BCUT2D eigenvalue weighted by atomic mass is 16.5. The molecule has 0 radical (unpaired) electrons. The molecular weight excluding hydrogens is 446 g/mol. The number of carboxylic acid groups (broad SMARTS) is 1. The fourth-order valence-corrected chi connectivity index (χ4v) is 4.40. The maximum absolute atomic E-state index is 12.9. The van der Waals surface area contributed by atoms with E-state index in [0.29, 0.717) is 19.4 Å². The van der Waals surface area contributed by atoms with E-state index in [9.17, 15) is 19.5 Å². The molecule has 2 amide bonds. The van der Waals surface area contributed by atoms with Gasteiger partial charge in [-0.15, -0.1) is 0 Å². The third kappa shape index (κ3) is 6.82. The number of carbonyl (C=O) groups excluding carboxylic acids is 2. The molecule has 1 aliphatic carbocycles. The van der Waals surface area contributed by atoms with Gasteiger partial charge in [0.25, 0.3) is 0 Å². The van der Waals surface area contributed by atoms with Crippen LogP contribution in [0.25, 0.3) is 11.1 Å². The summed E-state index contributed by atoms with van der Waals surface area (Å²) in [7, 11) is 3.72. The summed E-state index contributed by atoms with van der Waals surface area (Å²) in [4.78, 5) is 39.1. The lowest BCUT2D eigenvalue weighted by Crippen LogP contribution is -2.52. The summed E-state index contributed by atoms with van der Waals surface area (Å²) in [6.07, 6.45) is -0.0924. The average Bonchev–Trinajstić information content (AvgIpc) is 3.13.